The van der Waals surface area contributed by atoms with Crippen LogP contribution in [-0.2, 0) is 9.59 Å². The molecule has 0 aliphatic carbocycles. The Bertz CT molecular complexity index is 1070. The van der Waals surface area contributed by atoms with Crippen molar-refractivity contribution in [1.29, 1.82) is 0 Å². The monoisotopic (exact) mass is 488 g/mol. The van der Waals surface area contributed by atoms with Gasteiger partial charge in [-0.25, -0.2) is 0 Å². The Hall–Kier alpha value is -2.55. The number of thioether (sulfide) groups is 1. The molecule has 4 rings (SSSR count). The molecule has 2 heterocycles. The van der Waals surface area contributed by atoms with E-state index in [9.17, 15) is 9.59 Å². The predicted molar refractivity (Wildman–Crippen MR) is 131 cm³/mol. The molecule has 0 spiro atoms. The average molecular weight is 489 g/mol. The first-order valence-corrected chi connectivity index (χ1v) is 11.8. The molecule has 0 saturated carbocycles. The van der Waals surface area contributed by atoms with Gasteiger partial charge in [-0.05, 0) is 48.7 Å². The maximum atomic E-state index is 12.7. The summed E-state index contributed by atoms with van der Waals surface area (Å²) in [5, 5.41) is 3.52. The number of unbranched alkanes of at least 4 members (excludes halogenated alkanes) is 2. The second-order valence-corrected chi connectivity index (χ2v) is 9.42. The van der Waals surface area contributed by atoms with Gasteiger partial charge in [-0.2, -0.15) is 0 Å². The highest BCUT2D eigenvalue weighted by atomic mass is 35.5. The van der Waals surface area contributed by atoms with E-state index in [2.05, 4.69) is 5.32 Å². The van der Waals surface area contributed by atoms with Crippen LogP contribution in [0.25, 0.3) is 6.08 Å². The third-order valence-electron chi connectivity index (χ3n) is 4.98. The highest BCUT2D eigenvalue weighted by molar-refractivity contribution is 8.26. The van der Waals surface area contributed by atoms with Gasteiger partial charge < -0.3 is 14.8 Å². The molecule has 1 saturated heterocycles. The van der Waals surface area contributed by atoms with Gasteiger partial charge in [0, 0.05) is 29.7 Å². The quantitative estimate of drug-likeness (QED) is 0.302. The maximum absolute atomic E-state index is 12.7. The van der Waals surface area contributed by atoms with Crippen molar-refractivity contribution < 1.29 is 19.1 Å². The molecule has 32 heavy (non-hydrogen) atoms. The third-order valence-corrected chi connectivity index (χ3v) is 6.61. The number of amides is 2. The molecule has 2 aromatic carbocycles. The van der Waals surface area contributed by atoms with E-state index in [4.69, 9.17) is 33.3 Å². The fraction of sp³-hybridized carbons (Fsp3) is 0.261. The van der Waals surface area contributed by atoms with Crippen LogP contribution in [0.1, 0.15) is 31.2 Å². The highest BCUT2D eigenvalue weighted by Gasteiger charge is 2.31. The number of halogens is 1. The van der Waals surface area contributed by atoms with Gasteiger partial charge in [0.2, 0.25) is 12.7 Å². The van der Waals surface area contributed by atoms with Crippen molar-refractivity contribution in [2.75, 3.05) is 18.7 Å². The van der Waals surface area contributed by atoms with Gasteiger partial charge in [0.25, 0.3) is 5.91 Å². The summed E-state index contributed by atoms with van der Waals surface area (Å²) in [7, 11) is 0. The number of fused-ring (bicyclic) bond motifs is 1. The van der Waals surface area contributed by atoms with Crippen molar-refractivity contribution in [3.05, 3.63) is 58.0 Å². The van der Waals surface area contributed by atoms with Gasteiger partial charge in [-0.15, -0.1) is 0 Å². The number of rotatable bonds is 8. The summed E-state index contributed by atoms with van der Waals surface area (Å²) in [4.78, 5) is 27.1. The summed E-state index contributed by atoms with van der Waals surface area (Å²) in [6.45, 7) is 0.749. The van der Waals surface area contributed by atoms with Crippen molar-refractivity contribution in [3.8, 4) is 11.5 Å². The molecule has 0 aromatic heterocycles. The summed E-state index contributed by atoms with van der Waals surface area (Å²) in [5.41, 5.74) is 1.59. The number of hydrogen-bond acceptors (Lipinski definition) is 6. The lowest BCUT2D eigenvalue weighted by molar-refractivity contribution is -0.122. The van der Waals surface area contributed by atoms with Crippen LogP contribution in [0.3, 0.4) is 0 Å². The Labute approximate surface area is 200 Å². The maximum Gasteiger partial charge on any atom is 0.266 e. The normalized spacial score (nSPS) is 16.2. The van der Waals surface area contributed by atoms with E-state index in [1.165, 1.54) is 11.8 Å². The molecule has 0 radical (unpaired) electrons. The van der Waals surface area contributed by atoms with Crippen molar-refractivity contribution in [1.82, 2.24) is 4.90 Å². The van der Waals surface area contributed by atoms with E-state index < -0.39 is 0 Å². The van der Waals surface area contributed by atoms with Gasteiger partial charge >= 0.3 is 0 Å². The minimum atomic E-state index is -0.0736. The van der Waals surface area contributed by atoms with Gasteiger partial charge in [-0.1, -0.05) is 54.1 Å². The van der Waals surface area contributed by atoms with Gasteiger partial charge in [0.1, 0.15) is 4.32 Å². The second kappa shape index (κ2) is 10.4. The number of carbonyl (C=O) groups is 2. The van der Waals surface area contributed by atoms with E-state index in [0.717, 1.165) is 24.8 Å². The lowest BCUT2D eigenvalue weighted by Gasteiger charge is -2.14. The second-order valence-electron chi connectivity index (χ2n) is 7.31. The van der Waals surface area contributed by atoms with Crippen LogP contribution in [0, 0.1) is 0 Å². The minimum absolute atomic E-state index is 0.0552. The van der Waals surface area contributed by atoms with E-state index in [1.54, 1.807) is 35.2 Å². The number of carbonyl (C=O) groups excluding carboxylic acids is 2. The first kappa shape index (κ1) is 22.6. The summed E-state index contributed by atoms with van der Waals surface area (Å²) >= 11 is 12.6. The van der Waals surface area contributed by atoms with Gasteiger partial charge in [-0.3, -0.25) is 14.5 Å². The van der Waals surface area contributed by atoms with Crippen molar-refractivity contribution in [2.45, 2.75) is 25.7 Å². The molecule has 0 unspecified atom stereocenters. The van der Waals surface area contributed by atoms with E-state index in [1.807, 2.05) is 18.2 Å². The van der Waals surface area contributed by atoms with Crippen LogP contribution < -0.4 is 14.8 Å². The Balaban J connectivity index is 1.19. The summed E-state index contributed by atoms with van der Waals surface area (Å²) < 4.78 is 11.1. The van der Waals surface area contributed by atoms with Gasteiger partial charge in [0.15, 0.2) is 11.5 Å². The van der Waals surface area contributed by atoms with Crippen LogP contribution in [0.15, 0.2) is 47.4 Å². The molecule has 9 heteroatoms. The number of nitrogens with zero attached hydrogens (tertiary/aromatic N) is 1. The molecule has 0 atom stereocenters. The molecule has 0 bridgehead atoms. The molecule has 1 N–H and O–H groups in total. The summed E-state index contributed by atoms with van der Waals surface area (Å²) in [6.07, 6.45) is 4.56. The van der Waals surface area contributed by atoms with Crippen LogP contribution >= 0.6 is 35.6 Å². The zero-order valence-corrected chi connectivity index (χ0v) is 19.5. The van der Waals surface area contributed by atoms with Crippen molar-refractivity contribution in [3.63, 3.8) is 0 Å². The number of hydrogen-bond donors (Lipinski definition) is 1. The fourth-order valence-corrected chi connectivity index (χ4v) is 4.77. The molecule has 1 fully saturated rings. The van der Waals surface area contributed by atoms with Crippen LogP contribution in [0.2, 0.25) is 5.02 Å². The van der Waals surface area contributed by atoms with Crippen LogP contribution in [0.5, 0.6) is 11.5 Å². The summed E-state index contributed by atoms with van der Waals surface area (Å²) in [5.74, 6) is 1.19. The third kappa shape index (κ3) is 5.62. The lowest BCUT2D eigenvalue weighted by Crippen LogP contribution is -2.29. The SMILES string of the molecule is O=C(CCCCCN1C(=O)/C(=C/c2ccc(Cl)cc2)SC1=S)Nc1ccc2c(c1)OCO2. The summed E-state index contributed by atoms with van der Waals surface area (Å²) in [6, 6.07) is 12.6. The predicted octanol–water partition coefficient (Wildman–Crippen LogP) is 5.47. The molecule has 6 nitrogen and oxygen atoms in total. The number of nitrogens with one attached hydrogen (secondary N) is 1. The standard InChI is InChI=1S/C23H21ClN2O4S2/c24-16-7-5-15(6-8-16)12-20-22(28)26(23(31)32-20)11-3-1-2-4-21(27)25-17-9-10-18-19(13-17)30-14-29-18/h5-10,12-13H,1-4,11,14H2,(H,25,27)/b20-12-. The van der Waals surface area contributed by atoms with E-state index in [-0.39, 0.29) is 18.6 Å². The van der Waals surface area contributed by atoms with E-state index in [0.29, 0.717) is 44.4 Å². The van der Waals surface area contributed by atoms with Gasteiger partial charge in [0.05, 0.1) is 4.91 Å². The minimum Gasteiger partial charge on any atom is -0.454 e. The number of benzene rings is 2. The fourth-order valence-electron chi connectivity index (χ4n) is 3.33. The zero-order chi connectivity index (χ0) is 22.5. The highest BCUT2D eigenvalue weighted by Crippen LogP contribution is 2.34. The van der Waals surface area contributed by atoms with Crippen LogP contribution in [0.4, 0.5) is 5.69 Å². The smallest absolute Gasteiger partial charge is 0.266 e. The molecule has 2 aromatic rings. The molecule has 2 amide bonds. The Morgan fingerprint density at radius 1 is 1.12 bits per heavy atom. The first-order chi connectivity index (χ1) is 15.5. The Morgan fingerprint density at radius 3 is 2.72 bits per heavy atom. The molecular formula is C23H21ClN2O4S2. The molecule has 2 aliphatic rings. The molecule has 166 valence electrons. The largest absolute Gasteiger partial charge is 0.454 e. The van der Waals surface area contributed by atoms with Crippen LogP contribution in [-0.4, -0.2) is 34.4 Å². The number of ether oxygens (including phenoxy) is 2. The van der Waals surface area contributed by atoms with E-state index >= 15 is 0 Å². The topological polar surface area (TPSA) is 67.9 Å². The Morgan fingerprint density at radius 2 is 1.91 bits per heavy atom. The zero-order valence-electron chi connectivity index (χ0n) is 17.1. The number of anilines is 1. The Kier molecular flexibility index (Phi) is 7.34. The molecular weight excluding hydrogens is 468 g/mol. The average Bonchev–Trinajstić information content (AvgIpc) is 3.34. The van der Waals surface area contributed by atoms with Crippen molar-refractivity contribution in [2.24, 2.45) is 0 Å². The lowest BCUT2D eigenvalue weighted by atomic mass is 10.1. The first-order valence-electron chi connectivity index (χ1n) is 10.2. The van der Waals surface area contributed by atoms with Crippen molar-refractivity contribution >= 4 is 63.5 Å². The molecule has 2 aliphatic heterocycles. The number of thiocarbonyl (C=S) groups is 1.